The van der Waals surface area contributed by atoms with Gasteiger partial charge in [0.25, 0.3) is 0 Å². The maximum atomic E-state index is 5.23. The van der Waals surface area contributed by atoms with Crippen LogP contribution < -0.4 is 15.4 Å². The zero-order valence-corrected chi connectivity index (χ0v) is 20.2. The first-order valence-corrected chi connectivity index (χ1v) is 10.1. The maximum absolute atomic E-state index is 5.23. The molecule has 2 N–H and O–H groups in total. The number of guanidine groups is 1. The van der Waals surface area contributed by atoms with Crippen LogP contribution in [0.15, 0.2) is 29.3 Å². The summed E-state index contributed by atoms with van der Waals surface area (Å²) in [7, 11) is 5.75. The summed E-state index contributed by atoms with van der Waals surface area (Å²) >= 11 is 0. The van der Waals surface area contributed by atoms with Crippen LogP contribution in [-0.2, 0) is 0 Å². The molecule has 1 aromatic rings. The molecule has 1 aromatic carbocycles. The minimum absolute atomic E-state index is 0. The number of nitrogens with one attached hydrogen (secondary N) is 2. The third-order valence-corrected chi connectivity index (χ3v) is 5.31. The van der Waals surface area contributed by atoms with E-state index >= 15 is 0 Å². The molecule has 0 radical (unpaired) electrons. The number of hydrogen-bond donors (Lipinski definition) is 2. The number of hydrogen-bond acceptors (Lipinski definition) is 4. The summed E-state index contributed by atoms with van der Waals surface area (Å²) < 4.78 is 5.23. The zero-order valence-electron chi connectivity index (χ0n) is 17.9. The molecule has 0 bridgehead atoms. The Balaban J connectivity index is 0.00000392. The van der Waals surface area contributed by atoms with E-state index in [0.717, 1.165) is 50.9 Å². The van der Waals surface area contributed by atoms with Crippen molar-refractivity contribution in [2.75, 3.05) is 67.0 Å². The van der Waals surface area contributed by atoms with Crippen molar-refractivity contribution in [3.63, 3.8) is 0 Å². The van der Waals surface area contributed by atoms with Gasteiger partial charge in [0.15, 0.2) is 5.96 Å². The summed E-state index contributed by atoms with van der Waals surface area (Å²) in [5.41, 5.74) is 1.34. The van der Waals surface area contributed by atoms with Crippen molar-refractivity contribution in [1.82, 2.24) is 20.4 Å². The summed E-state index contributed by atoms with van der Waals surface area (Å²) in [6.07, 6.45) is 2.32. The molecule has 1 saturated heterocycles. The number of nitrogens with zero attached hydrogens (tertiary/aromatic N) is 3. The van der Waals surface area contributed by atoms with E-state index in [-0.39, 0.29) is 24.0 Å². The van der Waals surface area contributed by atoms with Crippen molar-refractivity contribution in [3.05, 3.63) is 29.8 Å². The molecule has 0 aromatic heterocycles. The Hall–Kier alpha value is -1.06. The second-order valence-electron chi connectivity index (χ2n) is 7.39. The van der Waals surface area contributed by atoms with Crippen molar-refractivity contribution >= 4 is 29.9 Å². The van der Waals surface area contributed by atoms with Gasteiger partial charge in [0.2, 0.25) is 0 Å². The summed E-state index contributed by atoms with van der Waals surface area (Å²) in [5.74, 6) is 2.30. The molecular formula is C21H38IN5O. The number of ether oxygens (including phenoxy) is 1. The summed E-state index contributed by atoms with van der Waals surface area (Å²) in [6, 6.07) is 8.35. The fourth-order valence-corrected chi connectivity index (χ4v) is 3.38. The molecule has 0 amide bonds. The summed E-state index contributed by atoms with van der Waals surface area (Å²) in [5, 5.41) is 6.88. The molecule has 0 spiro atoms. The lowest BCUT2D eigenvalue weighted by atomic mass is 9.98. The number of aliphatic imine (C=N–C) groups is 1. The van der Waals surface area contributed by atoms with Gasteiger partial charge >= 0.3 is 0 Å². The molecule has 1 fully saturated rings. The fraction of sp³-hybridized carbons (Fsp3) is 0.667. The van der Waals surface area contributed by atoms with E-state index in [9.17, 15) is 0 Å². The lowest BCUT2D eigenvalue weighted by molar-refractivity contribution is 0.280. The Labute approximate surface area is 188 Å². The third-order valence-electron chi connectivity index (χ3n) is 5.31. The van der Waals surface area contributed by atoms with E-state index in [0.29, 0.717) is 5.92 Å². The van der Waals surface area contributed by atoms with Gasteiger partial charge < -0.3 is 25.2 Å². The quantitative estimate of drug-likeness (QED) is 0.325. The molecule has 1 atom stereocenters. The Kier molecular flexibility index (Phi) is 12.5. The molecule has 1 aliphatic heterocycles. The van der Waals surface area contributed by atoms with Crippen LogP contribution in [-0.4, -0.2) is 82.8 Å². The molecule has 7 heteroatoms. The van der Waals surface area contributed by atoms with Crippen LogP contribution in [0, 0.1) is 0 Å². The second-order valence-corrected chi connectivity index (χ2v) is 7.39. The highest BCUT2D eigenvalue weighted by Gasteiger charge is 2.11. The fourth-order valence-electron chi connectivity index (χ4n) is 3.38. The van der Waals surface area contributed by atoms with Gasteiger partial charge in [0.1, 0.15) is 5.75 Å². The molecule has 160 valence electrons. The van der Waals surface area contributed by atoms with Gasteiger partial charge in [0, 0.05) is 39.8 Å². The van der Waals surface area contributed by atoms with Gasteiger partial charge in [0.05, 0.1) is 7.11 Å². The highest BCUT2D eigenvalue weighted by atomic mass is 127. The lowest BCUT2D eigenvalue weighted by Gasteiger charge is -2.21. The lowest BCUT2D eigenvalue weighted by Crippen LogP contribution is -2.42. The van der Waals surface area contributed by atoms with Crippen LogP contribution in [0.3, 0.4) is 0 Å². The normalized spacial score (nSPS) is 17.4. The molecule has 28 heavy (non-hydrogen) atoms. The summed E-state index contributed by atoms with van der Waals surface area (Å²) in [6.45, 7) is 9.88. The van der Waals surface area contributed by atoms with Crippen molar-refractivity contribution in [2.45, 2.75) is 25.7 Å². The predicted octanol–water partition coefficient (Wildman–Crippen LogP) is 2.61. The minimum atomic E-state index is 0. The number of methoxy groups -OCH3 is 1. The van der Waals surface area contributed by atoms with Gasteiger partial charge in [-0.1, -0.05) is 19.1 Å². The molecule has 0 aliphatic carbocycles. The maximum Gasteiger partial charge on any atom is 0.191 e. The van der Waals surface area contributed by atoms with Crippen LogP contribution in [0.2, 0.25) is 0 Å². The monoisotopic (exact) mass is 503 g/mol. The molecule has 1 aliphatic rings. The number of rotatable bonds is 8. The molecule has 2 rings (SSSR count). The van der Waals surface area contributed by atoms with Gasteiger partial charge in [-0.3, -0.25) is 4.99 Å². The highest BCUT2D eigenvalue weighted by Crippen LogP contribution is 2.21. The average molecular weight is 503 g/mol. The molecule has 0 saturated carbocycles. The van der Waals surface area contributed by atoms with Crippen LogP contribution in [0.25, 0.3) is 0 Å². The topological polar surface area (TPSA) is 52.1 Å². The van der Waals surface area contributed by atoms with Crippen LogP contribution >= 0.6 is 24.0 Å². The Morgan fingerprint density at radius 2 is 1.82 bits per heavy atom. The van der Waals surface area contributed by atoms with E-state index in [2.05, 4.69) is 51.5 Å². The Morgan fingerprint density at radius 1 is 1.11 bits per heavy atom. The van der Waals surface area contributed by atoms with E-state index in [4.69, 9.17) is 4.74 Å². The smallest absolute Gasteiger partial charge is 0.191 e. The largest absolute Gasteiger partial charge is 0.497 e. The van der Waals surface area contributed by atoms with Crippen LogP contribution in [0.5, 0.6) is 5.75 Å². The van der Waals surface area contributed by atoms with Crippen molar-refractivity contribution in [1.29, 1.82) is 0 Å². The minimum Gasteiger partial charge on any atom is -0.497 e. The first-order valence-electron chi connectivity index (χ1n) is 10.1. The first-order chi connectivity index (χ1) is 13.1. The standard InChI is InChI=1S/C21H37N5O.HI/c1-18(19-6-8-20(27-4)9-7-19)10-11-23-21(22-2)24-12-15-26-14-5-13-25(3)16-17-26;/h6-9,18H,5,10-17H2,1-4H3,(H2,22,23,24);1H. The third kappa shape index (κ3) is 8.96. The van der Waals surface area contributed by atoms with E-state index in [1.807, 2.05) is 19.2 Å². The van der Waals surface area contributed by atoms with Crippen molar-refractivity contribution in [2.24, 2.45) is 4.99 Å². The van der Waals surface area contributed by atoms with E-state index < -0.39 is 0 Å². The zero-order chi connectivity index (χ0) is 19.5. The molecule has 1 unspecified atom stereocenters. The predicted molar refractivity (Wildman–Crippen MR) is 129 cm³/mol. The summed E-state index contributed by atoms with van der Waals surface area (Å²) in [4.78, 5) is 9.30. The first kappa shape index (κ1) is 25.0. The Morgan fingerprint density at radius 3 is 2.50 bits per heavy atom. The number of halogens is 1. The molecular weight excluding hydrogens is 465 g/mol. The number of benzene rings is 1. The van der Waals surface area contributed by atoms with Gasteiger partial charge in [-0.15, -0.1) is 24.0 Å². The molecule has 6 nitrogen and oxygen atoms in total. The van der Waals surface area contributed by atoms with E-state index in [1.165, 1.54) is 25.1 Å². The molecule has 1 heterocycles. The van der Waals surface area contributed by atoms with Gasteiger partial charge in [-0.2, -0.15) is 0 Å². The van der Waals surface area contributed by atoms with Crippen LogP contribution in [0.1, 0.15) is 31.2 Å². The van der Waals surface area contributed by atoms with E-state index in [1.54, 1.807) is 7.11 Å². The SMILES string of the molecule is CN=C(NCCC(C)c1ccc(OC)cc1)NCCN1CCCN(C)CC1.I. The average Bonchev–Trinajstić information content (AvgIpc) is 2.90. The highest BCUT2D eigenvalue weighted by molar-refractivity contribution is 14.0. The Bertz CT molecular complexity index is 566. The van der Waals surface area contributed by atoms with Gasteiger partial charge in [-0.25, -0.2) is 0 Å². The second kappa shape index (κ2) is 14.0. The van der Waals surface area contributed by atoms with Crippen LogP contribution in [0.4, 0.5) is 0 Å². The van der Waals surface area contributed by atoms with Crippen molar-refractivity contribution in [3.8, 4) is 5.75 Å². The van der Waals surface area contributed by atoms with Crippen molar-refractivity contribution < 1.29 is 4.74 Å². The number of likely N-dealkylation sites (N-methyl/N-ethyl adjacent to an activating group) is 1. The van der Waals surface area contributed by atoms with Gasteiger partial charge in [-0.05, 0) is 56.6 Å².